The third kappa shape index (κ3) is 8.40. The van der Waals surface area contributed by atoms with Crippen molar-refractivity contribution in [3.05, 3.63) is 126 Å². The number of rotatable bonds is 9. The SMILES string of the molecule is CC/C(=C(\c1ccccc1)c1ccc(OCCN(C)C)cc1)c1ccccc1.NC(=O)c1cnccn1. The second kappa shape index (κ2) is 14.3. The number of hydrogen-bond donors (Lipinski definition) is 1. The fourth-order valence-corrected chi connectivity index (χ4v) is 3.77. The first kappa shape index (κ1) is 27.3. The van der Waals surface area contributed by atoms with Crippen LogP contribution in [0.1, 0.15) is 40.5 Å². The Morgan fingerprint density at radius 2 is 1.43 bits per heavy atom. The molecule has 37 heavy (non-hydrogen) atoms. The van der Waals surface area contributed by atoms with Gasteiger partial charge in [-0.25, -0.2) is 4.98 Å². The maximum absolute atomic E-state index is 10.3. The molecule has 190 valence electrons. The van der Waals surface area contributed by atoms with Crippen molar-refractivity contribution in [1.82, 2.24) is 14.9 Å². The van der Waals surface area contributed by atoms with Crippen LogP contribution in [0.4, 0.5) is 0 Å². The molecule has 4 aromatic rings. The van der Waals surface area contributed by atoms with Crippen LogP contribution < -0.4 is 10.5 Å². The van der Waals surface area contributed by atoms with Crippen LogP contribution in [0.5, 0.6) is 5.75 Å². The van der Waals surface area contributed by atoms with E-state index in [2.05, 4.69) is 121 Å². The molecule has 4 rings (SSSR count). The summed E-state index contributed by atoms with van der Waals surface area (Å²) in [6, 6.07) is 29.8. The van der Waals surface area contributed by atoms with Crippen LogP contribution in [0.25, 0.3) is 11.1 Å². The molecule has 0 bridgehead atoms. The Morgan fingerprint density at radius 3 is 1.92 bits per heavy atom. The molecule has 0 aliphatic rings. The monoisotopic (exact) mass is 494 g/mol. The highest BCUT2D eigenvalue weighted by molar-refractivity contribution is 5.98. The molecule has 0 spiro atoms. The van der Waals surface area contributed by atoms with Gasteiger partial charge in [-0.1, -0.05) is 79.7 Å². The molecule has 2 N–H and O–H groups in total. The number of nitrogens with two attached hydrogens (primary N) is 1. The lowest BCUT2D eigenvalue weighted by atomic mass is 9.88. The summed E-state index contributed by atoms with van der Waals surface area (Å²) in [7, 11) is 4.11. The zero-order valence-electron chi connectivity index (χ0n) is 21.7. The standard InChI is InChI=1S/C26H29NO.C5H5N3O/c1-4-25(21-11-7-5-8-12-21)26(22-13-9-6-10-14-22)23-15-17-24(18-16-23)28-20-19-27(2)3;6-5(9)4-3-7-1-2-8-4/h5-18H,4,19-20H2,1-3H3;1-3H,(H2,6,9)/b26-25-;. The van der Waals surface area contributed by atoms with Crippen LogP contribution in [0, 0.1) is 0 Å². The van der Waals surface area contributed by atoms with Crippen molar-refractivity contribution >= 4 is 17.1 Å². The molecular weight excluding hydrogens is 460 g/mol. The fourth-order valence-electron chi connectivity index (χ4n) is 3.77. The average Bonchev–Trinajstić information content (AvgIpc) is 2.94. The van der Waals surface area contributed by atoms with Gasteiger partial charge in [-0.15, -0.1) is 0 Å². The summed E-state index contributed by atoms with van der Waals surface area (Å²) in [6.07, 6.45) is 5.18. The molecular formula is C31H34N4O2. The topological polar surface area (TPSA) is 81.3 Å². The normalized spacial score (nSPS) is 11.2. The second-order valence-corrected chi connectivity index (χ2v) is 8.57. The van der Waals surface area contributed by atoms with Gasteiger partial charge in [-0.2, -0.15) is 0 Å². The molecule has 6 heteroatoms. The highest BCUT2D eigenvalue weighted by Gasteiger charge is 2.13. The van der Waals surface area contributed by atoms with Crippen molar-refractivity contribution in [3.63, 3.8) is 0 Å². The van der Waals surface area contributed by atoms with Gasteiger partial charge < -0.3 is 15.4 Å². The Morgan fingerprint density at radius 1 is 0.838 bits per heavy atom. The first-order chi connectivity index (χ1) is 18.0. The minimum atomic E-state index is -0.553. The van der Waals surface area contributed by atoms with Gasteiger partial charge in [0, 0.05) is 18.9 Å². The number of amides is 1. The van der Waals surface area contributed by atoms with Crippen LogP contribution >= 0.6 is 0 Å². The van der Waals surface area contributed by atoms with Gasteiger partial charge in [0.05, 0.1) is 6.20 Å². The summed E-state index contributed by atoms with van der Waals surface area (Å²) in [6.45, 7) is 3.83. The molecule has 1 amide bonds. The minimum absolute atomic E-state index is 0.192. The summed E-state index contributed by atoms with van der Waals surface area (Å²) < 4.78 is 5.87. The van der Waals surface area contributed by atoms with Crippen molar-refractivity contribution in [2.45, 2.75) is 13.3 Å². The van der Waals surface area contributed by atoms with E-state index < -0.39 is 5.91 Å². The lowest BCUT2D eigenvalue weighted by Crippen LogP contribution is -2.19. The molecule has 1 aromatic heterocycles. The van der Waals surface area contributed by atoms with Crippen LogP contribution in [-0.2, 0) is 0 Å². The van der Waals surface area contributed by atoms with Gasteiger partial charge in [0.15, 0.2) is 0 Å². The van der Waals surface area contributed by atoms with Crippen LogP contribution in [0.2, 0.25) is 0 Å². The molecule has 0 fully saturated rings. The molecule has 1 heterocycles. The number of carbonyl (C=O) groups is 1. The number of benzene rings is 3. The van der Waals surface area contributed by atoms with Crippen molar-refractivity contribution in [2.75, 3.05) is 27.2 Å². The molecule has 6 nitrogen and oxygen atoms in total. The van der Waals surface area contributed by atoms with Crippen molar-refractivity contribution in [1.29, 1.82) is 0 Å². The van der Waals surface area contributed by atoms with Crippen LogP contribution in [0.3, 0.4) is 0 Å². The maximum atomic E-state index is 10.3. The smallest absolute Gasteiger partial charge is 0.268 e. The van der Waals surface area contributed by atoms with Crippen molar-refractivity contribution in [3.8, 4) is 5.75 Å². The van der Waals surface area contributed by atoms with Gasteiger partial charge in [0.1, 0.15) is 18.1 Å². The van der Waals surface area contributed by atoms with Crippen LogP contribution in [0.15, 0.2) is 104 Å². The van der Waals surface area contributed by atoms with Gasteiger partial charge in [-0.3, -0.25) is 9.78 Å². The van der Waals surface area contributed by atoms with Gasteiger partial charge >= 0.3 is 0 Å². The second-order valence-electron chi connectivity index (χ2n) is 8.57. The molecule has 0 aliphatic carbocycles. The third-order valence-electron chi connectivity index (χ3n) is 5.61. The number of carbonyl (C=O) groups excluding carboxylic acids is 1. The first-order valence-electron chi connectivity index (χ1n) is 12.3. The average molecular weight is 495 g/mol. The maximum Gasteiger partial charge on any atom is 0.268 e. The summed E-state index contributed by atoms with van der Waals surface area (Å²) in [5, 5.41) is 0. The molecule has 0 radical (unpaired) electrons. The Kier molecular flexibility index (Phi) is 10.6. The molecule has 0 atom stereocenters. The molecule has 3 aromatic carbocycles. The van der Waals surface area contributed by atoms with Crippen LogP contribution in [-0.4, -0.2) is 48.0 Å². The zero-order valence-corrected chi connectivity index (χ0v) is 21.7. The molecule has 0 saturated heterocycles. The first-order valence-corrected chi connectivity index (χ1v) is 12.3. The number of aromatic nitrogens is 2. The Hall–Kier alpha value is -4.29. The van der Waals surface area contributed by atoms with Crippen molar-refractivity contribution in [2.24, 2.45) is 5.73 Å². The highest BCUT2D eigenvalue weighted by atomic mass is 16.5. The molecule has 0 unspecified atom stereocenters. The molecule has 0 saturated carbocycles. The Bertz CT molecular complexity index is 1260. The largest absolute Gasteiger partial charge is 0.492 e. The van der Waals surface area contributed by atoms with Gasteiger partial charge in [0.25, 0.3) is 5.91 Å². The number of likely N-dealkylation sites (N-methyl/N-ethyl adjacent to an activating group) is 1. The summed E-state index contributed by atoms with van der Waals surface area (Å²) in [4.78, 5) is 19.7. The summed E-state index contributed by atoms with van der Waals surface area (Å²) in [5.74, 6) is 0.360. The Labute approximate surface area is 219 Å². The number of ether oxygens (including phenoxy) is 1. The predicted molar refractivity (Wildman–Crippen MR) is 150 cm³/mol. The number of hydrogen-bond acceptors (Lipinski definition) is 5. The fraction of sp³-hybridized carbons (Fsp3) is 0.194. The number of nitrogens with zero attached hydrogens (tertiary/aromatic N) is 3. The van der Waals surface area contributed by atoms with Crippen molar-refractivity contribution < 1.29 is 9.53 Å². The van der Waals surface area contributed by atoms with E-state index in [4.69, 9.17) is 10.5 Å². The summed E-state index contributed by atoms with van der Waals surface area (Å²) >= 11 is 0. The quantitative estimate of drug-likeness (QED) is 0.308. The van der Waals surface area contributed by atoms with E-state index in [9.17, 15) is 4.79 Å². The van der Waals surface area contributed by atoms with E-state index in [-0.39, 0.29) is 5.69 Å². The lowest BCUT2D eigenvalue weighted by Gasteiger charge is -2.17. The predicted octanol–water partition coefficient (Wildman–Crippen LogP) is 5.57. The van der Waals surface area contributed by atoms with E-state index in [0.717, 1.165) is 18.7 Å². The number of allylic oxidation sites excluding steroid dienone is 1. The Balaban J connectivity index is 0.000000356. The number of primary amides is 1. The molecule has 0 aliphatic heterocycles. The van der Waals surface area contributed by atoms with E-state index in [1.807, 2.05) is 0 Å². The van der Waals surface area contributed by atoms with Gasteiger partial charge in [0.2, 0.25) is 0 Å². The van der Waals surface area contributed by atoms with E-state index in [1.54, 1.807) is 0 Å². The lowest BCUT2D eigenvalue weighted by molar-refractivity contribution is 0.0995. The zero-order chi connectivity index (χ0) is 26.5. The third-order valence-corrected chi connectivity index (χ3v) is 5.61. The van der Waals surface area contributed by atoms with Gasteiger partial charge in [-0.05, 0) is 60.5 Å². The summed E-state index contributed by atoms with van der Waals surface area (Å²) in [5.41, 5.74) is 11.4. The highest BCUT2D eigenvalue weighted by Crippen LogP contribution is 2.34. The van der Waals surface area contributed by atoms with E-state index in [1.165, 1.54) is 46.4 Å². The van der Waals surface area contributed by atoms with E-state index >= 15 is 0 Å². The van der Waals surface area contributed by atoms with E-state index in [0.29, 0.717) is 6.61 Å². The minimum Gasteiger partial charge on any atom is -0.492 e.